The molecule has 2 saturated heterocycles. The highest BCUT2D eigenvalue weighted by Crippen LogP contribution is 2.57. The number of nitrogens with zero attached hydrogens (tertiary/aromatic N) is 1. The van der Waals surface area contributed by atoms with Gasteiger partial charge in [0.1, 0.15) is 5.60 Å². The van der Waals surface area contributed by atoms with Gasteiger partial charge in [-0.25, -0.2) is 4.90 Å². The van der Waals surface area contributed by atoms with Crippen molar-refractivity contribution in [2.24, 2.45) is 11.8 Å². The number of carbonyl (C=O) groups excluding carboxylic acids is 2. The Balaban J connectivity index is 1.83. The molecule has 0 unspecified atom stereocenters. The Hall–Kier alpha value is -1.40. The fourth-order valence-corrected chi connectivity index (χ4v) is 4.43. The van der Waals surface area contributed by atoms with Gasteiger partial charge in [0, 0.05) is 5.02 Å². The fourth-order valence-electron chi connectivity index (χ4n) is 3.94. The van der Waals surface area contributed by atoms with E-state index in [4.69, 9.17) is 27.9 Å². The van der Waals surface area contributed by atoms with Crippen LogP contribution in [0.15, 0.2) is 30.4 Å². The van der Waals surface area contributed by atoms with Crippen LogP contribution in [0, 0.1) is 11.8 Å². The van der Waals surface area contributed by atoms with Crippen molar-refractivity contribution in [1.82, 2.24) is 0 Å². The highest BCUT2D eigenvalue weighted by molar-refractivity contribution is 6.38. The maximum absolute atomic E-state index is 12.9. The molecule has 3 heterocycles. The van der Waals surface area contributed by atoms with E-state index in [9.17, 15) is 14.7 Å². The number of aliphatic hydroxyl groups excluding tert-OH is 1. The zero-order valence-corrected chi connectivity index (χ0v) is 13.6. The fraction of sp³-hybridized carbons (Fsp3) is 0.375. The summed E-state index contributed by atoms with van der Waals surface area (Å²) in [4.78, 5) is 26.9. The van der Waals surface area contributed by atoms with Crippen LogP contribution in [0.5, 0.6) is 0 Å². The molecule has 2 fully saturated rings. The van der Waals surface area contributed by atoms with Gasteiger partial charge in [0.2, 0.25) is 11.8 Å². The average molecular weight is 354 g/mol. The summed E-state index contributed by atoms with van der Waals surface area (Å²) in [6, 6.07) is 4.61. The van der Waals surface area contributed by atoms with Gasteiger partial charge in [0.15, 0.2) is 0 Å². The number of carbonyl (C=O) groups is 2. The highest BCUT2D eigenvalue weighted by atomic mass is 35.5. The number of anilines is 1. The first-order chi connectivity index (χ1) is 10.8. The molecule has 120 valence electrons. The molecule has 0 aliphatic carbocycles. The number of rotatable bonds is 2. The number of hydrogen-bond acceptors (Lipinski definition) is 4. The number of aliphatic hydroxyl groups is 1. The average Bonchev–Trinajstić information content (AvgIpc) is 3.07. The monoisotopic (exact) mass is 353 g/mol. The summed E-state index contributed by atoms with van der Waals surface area (Å²) in [5, 5.41) is 10.4. The Kier molecular flexibility index (Phi) is 3.01. The van der Waals surface area contributed by atoms with Crippen LogP contribution in [-0.4, -0.2) is 34.7 Å². The standard InChI is InChI=1S/C16H13Cl2NO4/c1-15-4-5-16(7-20,23-15)12-11(15)13(21)19(14(12)22)10-3-2-8(17)6-9(10)18/h2-6,11-12,20H,7H2,1H3/t11-,12+,15+,16+/m1/s1. The predicted octanol–water partition coefficient (Wildman–Crippen LogP) is 2.19. The van der Waals surface area contributed by atoms with Crippen molar-refractivity contribution < 1.29 is 19.4 Å². The zero-order chi connectivity index (χ0) is 16.6. The van der Waals surface area contributed by atoms with Crippen LogP contribution in [0.3, 0.4) is 0 Å². The molecular weight excluding hydrogens is 341 g/mol. The van der Waals surface area contributed by atoms with E-state index in [2.05, 4.69) is 0 Å². The van der Waals surface area contributed by atoms with Crippen molar-refractivity contribution in [2.45, 2.75) is 18.1 Å². The van der Waals surface area contributed by atoms with Crippen molar-refractivity contribution in [1.29, 1.82) is 0 Å². The Bertz CT molecular complexity index is 779. The van der Waals surface area contributed by atoms with Gasteiger partial charge in [-0.15, -0.1) is 0 Å². The first-order valence-electron chi connectivity index (χ1n) is 7.17. The second-order valence-electron chi connectivity index (χ2n) is 6.30. The Morgan fingerprint density at radius 2 is 1.91 bits per heavy atom. The summed E-state index contributed by atoms with van der Waals surface area (Å²) in [7, 11) is 0. The lowest BCUT2D eigenvalue weighted by atomic mass is 9.73. The Morgan fingerprint density at radius 3 is 2.57 bits per heavy atom. The van der Waals surface area contributed by atoms with Crippen LogP contribution in [0.25, 0.3) is 0 Å². The van der Waals surface area contributed by atoms with Gasteiger partial charge in [-0.1, -0.05) is 35.4 Å². The van der Waals surface area contributed by atoms with E-state index >= 15 is 0 Å². The van der Waals surface area contributed by atoms with Gasteiger partial charge in [-0.2, -0.15) is 0 Å². The van der Waals surface area contributed by atoms with E-state index in [0.29, 0.717) is 10.7 Å². The second kappa shape index (κ2) is 4.57. The Morgan fingerprint density at radius 1 is 1.22 bits per heavy atom. The number of halogens is 2. The summed E-state index contributed by atoms with van der Waals surface area (Å²) < 4.78 is 5.85. The number of fused-ring (bicyclic) bond motifs is 5. The van der Waals surface area contributed by atoms with Gasteiger partial charge in [0.25, 0.3) is 0 Å². The molecule has 2 amide bonds. The van der Waals surface area contributed by atoms with Crippen LogP contribution in [-0.2, 0) is 14.3 Å². The Labute approximate surface area is 142 Å². The van der Waals surface area contributed by atoms with E-state index in [1.54, 1.807) is 31.2 Å². The van der Waals surface area contributed by atoms with Gasteiger partial charge < -0.3 is 9.84 Å². The summed E-state index contributed by atoms with van der Waals surface area (Å²) in [5.74, 6) is -2.20. The van der Waals surface area contributed by atoms with Crippen molar-refractivity contribution in [3.63, 3.8) is 0 Å². The quantitative estimate of drug-likeness (QED) is 0.653. The predicted molar refractivity (Wildman–Crippen MR) is 84.4 cm³/mol. The summed E-state index contributed by atoms with van der Waals surface area (Å²) in [5.41, 5.74) is -1.73. The van der Waals surface area contributed by atoms with Crippen molar-refractivity contribution >= 4 is 40.7 Å². The molecule has 0 aromatic heterocycles. The van der Waals surface area contributed by atoms with Crippen LogP contribution in [0.4, 0.5) is 5.69 Å². The van der Waals surface area contributed by atoms with Crippen molar-refractivity contribution in [2.75, 3.05) is 11.5 Å². The first kappa shape index (κ1) is 15.1. The van der Waals surface area contributed by atoms with Gasteiger partial charge in [-0.3, -0.25) is 9.59 Å². The molecule has 0 spiro atoms. The second-order valence-corrected chi connectivity index (χ2v) is 7.14. The third-order valence-electron chi connectivity index (χ3n) is 4.95. The summed E-state index contributed by atoms with van der Waals surface area (Å²) in [6.45, 7) is 1.39. The summed E-state index contributed by atoms with van der Waals surface area (Å²) >= 11 is 12.0. The third kappa shape index (κ3) is 1.76. The minimum absolute atomic E-state index is 0.226. The molecule has 23 heavy (non-hydrogen) atoms. The molecule has 5 nitrogen and oxygen atoms in total. The zero-order valence-electron chi connectivity index (χ0n) is 12.1. The maximum Gasteiger partial charge on any atom is 0.241 e. The molecule has 4 atom stereocenters. The summed E-state index contributed by atoms with van der Waals surface area (Å²) in [6.07, 6.45) is 3.44. The van der Waals surface area contributed by atoms with Gasteiger partial charge in [-0.05, 0) is 25.1 Å². The minimum Gasteiger partial charge on any atom is -0.393 e. The normalized spacial score (nSPS) is 37.8. The van der Waals surface area contributed by atoms with Crippen LogP contribution < -0.4 is 4.90 Å². The van der Waals surface area contributed by atoms with Crippen molar-refractivity contribution in [3.05, 3.63) is 40.4 Å². The molecule has 0 radical (unpaired) electrons. The lowest BCUT2D eigenvalue weighted by Crippen LogP contribution is -2.43. The number of ether oxygens (including phenoxy) is 1. The number of amides is 2. The highest BCUT2D eigenvalue weighted by Gasteiger charge is 2.72. The molecule has 1 N–H and O–H groups in total. The lowest BCUT2D eigenvalue weighted by molar-refractivity contribution is -0.131. The number of imide groups is 1. The lowest BCUT2D eigenvalue weighted by Gasteiger charge is -2.27. The first-order valence-corrected chi connectivity index (χ1v) is 7.93. The molecule has 1 aromatic carbocycles. The van der Waals surface area contributed by atoms with Crippen LogP contribution in [0.2, 0.25) is 10.0 Å². The van der Waals surface area contributed by atoms with Crippen LogP contribution in [0.1, 0.15) is 6.92 Å². The van der Waals surface area contributed by atoms with Crippen LogP contribution >= 0.6 is 23.2 Å². The molecule has 7 heteroatoms. The van der Waals surface area contributed by atoms with E-state index in [1.165, 1.54) is 6.07 Å². The molecular formula is C16H13Cl2NO4. The number of benzene rings is 1. The topological polar surface area (TPSA) is 66.8 Å². The molecule has 3 aliphatic rings. The van der Waals surface area contributed by atoms with E-state index < -0.39 is 28.9 Å². The largest absolute Gasteiger partial charge is 0.393 e. The molecule has 0 saturated carbocycles. The van der Waals surface area contributed by atoms with Gasteiger partial charge >= 0.3 is 0 Å². The molecule has 1 aromatic rings. The van der Waals surface area contributed by atoms with Gasteiger partial charge in [0.05, 0.1) is 34.8 Å². The van der Waals surface area contributed by atoms with E-state index in [-0.39, 0.29) is 17.5 Å². The number of hydrogen-bond donors (Lipinski definition) is 1. The maximum atomic E-state index is 12.9. The smallest absolute Gasteiger partial charge is 0.241 e. The molecule has 4 rings (SSSR count). The van der Waals surface area contributed by atoms with Crippen molar-refractivity contribution in [3.8, 4) is 0 Å². The third-order valence-corrected chi connectivity index (χ3v) is 5.49. The van der Waals surface area contributed by atoms with E-state index in [0.717, 1.165) is 4.90 Å². The minimum atomic E-state index is -1.14. The molecule has 2 bridgehead atoms. The molecule has 3 aliphatic heterocycles. The van der Waals surface area contributed by atoms with E-state index in [1.807, 2.05) is 0 Å². The SMILES string of the molecule is C[C@@]12C=C[C@@](CO)(O1)[C@@H]1C(=O)N(c3ccc(Cl)cc3Cl)C(=O)[C@@H]12.